The van der Waals surface area contributed by atoms with Gasteiger partial charge >= 0.3 is 11.9 Å². The van der Waals surface area contributed by atoms with Crippen molar-refractivity contribution < 1.29 is 19.1 Å². The molecular weight excluding hydrogens is 568 g/mol. The van der Waals surface area contributed by atoms with Gasteiger partial charge in [-0.2, -0.15) is 0 Å². The SMILES string of the molecule is CCCCCCCC/C=C\CCCCCCCCOC(=O)CCCCC(=O)OCCCCCCCC/C=C/CCCCCCCC. The maximum atomic E-state index is 11.9. The highest BCUT2D eigenvalue weighted by molar-refractivity contribution is 5.70. The van der Waals surface area contributed by atoms with Gasteiger partial charge in [-0.15, -0.1) is 0 Å². The van der Waals surface area contributed by atoms with Gasteiger partial charge < -0.3 is 9.47 Å². The molecule has 0 aromatic rings. The van der Waals surface area contributed by atoms with Crippen LogP contribution in [0, 0.1) is 0 Å². The molecule has 0 N–H and O–H groups in total. The van der Waals surface area contributed by atoms with E-state index in [2.05, 4.69) is 38.2 Å². The minimum absolute atomic E-state index is 0.134. The maximum Gasteiger partial charge on any atom is 0.305 e. The van der Waals surface area contributed by atoms with Gasteiger partial charge in [-0.1, -0.05) is 154 Å². The molecule has 0 aliphatic rings. The van der Waals surface area contributed by atoms with E-state index in [1.165, 1.54) is 154 Å². The zero-order chi connectivity index (χ0) is 33.4. The van der Waals surface area contributed by atoms with Crippen molar-refractivity contribution in [3.63, 3.8) is 0 Å². The second kappa shape index (κ2) is 39.6. The molecule has 46 heavy (non-hydrogen) atoms. The van der Waals surface area contributed by atoms with Crippen LogP contribution in [0.5, 0.6) is 0 Å². The lowest BCUT2D eigenvalue weighted by Crippen LogP contribution is -2.08. The van der Waals surface area contributed by atoms with Crippen LogP contribution in [-0.4, -0.2) is 25.2 Å². The zero-order valence-electron chi connectivity index (χ0n) is 31.0. The smallest absolute Gasteiger partial charge is 0.305 e. The first-order valence-corrected chi connectivity index (χ1v) is 20.3. The highest BCUT2D eigenvalue weighted by Crippen LogP contribution is 2.12. The number of carbonyl (C=O) groups excluding carboxylic acids is 2. The van der Waals surface area contributed by atoms with E-state index >= 15 is 0 Å². The van der Waals surface area contributed by atoms with Gasteiger partial charge in [0.2, 0.25) is 0 Å². The summed E-state index contributed by atoms with van der Waals surface area (Å²) < 4.78 is 10.7. The van der Waals surface area contributed by atoms with E-state index in [1.807, 2.05) is 0 Å². The Bertz CT molecular complexity index is 625. The predicted molar refractivity (Wildman–Crippen MR) is 199 cm³/mol. The van der Waals surface area contributed by atoms with E-state index < -0.39 is 0 Å². The largest absolute Gasteiger partial charge is 0.466 e. The maximum absolute atomic E-state index is 11.9. The van der Waals surface area contributed by atoms with Crippen LogP contribution in [0.4, 0.5) is 0 Å². The molecule has 0 amide bonds. The van der Waals surface area contributed by atoms with Gasteiger partial charge in [0.25, 0.3) is 0 Å². The number of allylic oxidation sites excluding steroid dienone is 4. The Hall–Kier alpha value is -1.58. The number of esters is 2. The van der Waals surface area contributed by atoms with Crippen molar-refractivity contribution in [3.8, 4) is 0 Å². The molecule has 0 unspecified atom stereocenters. The molecule has 270 valence electrons. The molecule has 0 saturated carbocycles. The first-order chi connectivity index (χ1) is 22.7. The van der Waals surface area contributed by atoms with Crippen molar-refractivity contribution in [2.24, 2.45) is 0 Å². The van der Waals surface area contributed by atoms with Crippen LogP contribution in [0.25, 0.3) is 0 Å². The standard InChI is InChI=1S/C42H78O4/c1-3-5-7-9-11-13-15-17-19-21-23-25-27-29-31-35-39-45-41(43)37-33-34-38-42(44)46-40-36-32-30-28-26-24-22-20-18-16-14-12-10-8-6-4-2/h17-20H,3-16,21-40H2,1-2H3/b19-17-,20-18+. The number of hydrogen-bond acceptors (Lipinski definition) is 4. The highest BCUT2D eigenvalue weighted by Gasteiger charge is 2.06. The average Bonchev–Trinajstić information content (AvgIpc) is 3.06. The molecule has 0 bridgehead atoms. The zero-order valence-corrected chi connectivity index (χ0v) is 31.0. The van der Waals surface area contributed by atoms with Crippen LogP contribution < -0.4 is 0 Å². The van der Waals surface area contributed by atoms with Crippen molar-refractivity contribution in [1.29, 1.82) is 0 Å². The van der Waals surface area contributed by atoms with Gasteiger partial charge in [0.15, 0.2) is 0 Å². The molecule has 0 fully saturated rings. The lowest BCUT2D eigenvalue weighted by molar-refractivity contribution is -0.146. The molecule has 0 spiro atoms. The Morgan fingerprint density at radius 1 is 0.348 bits per heavy atom. The molecule has 0 radical (unpaired) electrons. The molecule has 4 nitrogen and oxygen atoms in total. The lowest BCUT2D eigenvalue weighted by atomic mass is 10.1. The topological polar surface area (TPSA) is 52.6 Å². The van der Waals surface area contributed by atoms with E-state index in [0.717, 1.165) is 25.7 Å². The normalized spacial score (nSPS) is 11.6. The van der Waals surface area contributed by atoms with Gasteiger partial charge in [-0.3, -0.25) is 9.59 Å². The molecular formula is C42H78O4. The number of ether oxygens (including phenoxy) is 2. The van der Waals surface area contributed by atoms with Crippen molar-refractivity contribution >= 4 is 11.9 Å². The van der Waals surface area contributed by atoms with E-state index in [-0.39, 0.29) is 11.9 Å². The molecule has 0 aliphatic carbocycles. The Kier molecular flexibility index (Phi) is 38.2. The van der Waals surface area contributed by atoms with Gasteiger partial charge in [0, 0.05) is 12.8 Å². The fourth-order valence-corrected chi connectivity index (χ4v) is 5.75. The third-order valence-electron chi connectivity index (χ3n) is 8.85. The summed E-state index contributed by atoms with van der Waals surface area (Å²) in [4.78, 5) is 23.9. The van der Waals surface area contributed by atoms with Crippen LogP contribution in [0.1, 0.15) is 219 Å². The van der Waals surface area contributed by atoms with Crippen molar-refractivity contribution in [3.05, 3.63) is 24.3 Å². The first kappa shape index (κ1) is 44.4. The molecule has 0 heterocycles. The molecule has 0 atom stereocenters. The van der Waals surface area contributed by atoms with Crippen molar-refractivity contribution in [1.82, 2.24) is 0 Å². The van der Waals surface area contributed by atoms with Gasteiger partial charge in [0.1, 0.15) is 0 Å². The number of unbranched alkanes of at least 4 members (excludes halogenated alkanes) is 25. The Morgan fingerprint density at radius 2 is 0.609 bits per heavy atom. The number of hydrogen-bond donors (Lipinski definition) is 0. The van der Waals surface area contributed by atoms with Gasteiger partial charge in [0.05, 0.1) is 13.2 Å². The summed E-state index contributed by atoms with van der Waals surface area (Å²) in [5.74, 6) is -0.268. The van der Waals surface area contributed by atoms with E-state index in [0.29, 0.717) is 38.9 Å². The summed E-state index contributed by atoms with van der Waals surface area (Å²) in [6.07, 6.45) is 47.4. The summed E-state index contributed by atoms with van der Waals surface area (Å²) in [6, 6.07) is 0. The molecule has 0 aliphatic heterocycles. The average molecular weight is 647 g/mol. The van der Waals surface area contributed by atoms with Crippen LogP contribution in [0.15, 0.2) is 24.3 Å². The first-order valence-electron chi connectivity index (χ1n) is 20.3. The monoisotopic (exact) mass is 647 g/mol. The molecule has 0 rings (SSSR count). The summed E-state index contributed by atoms with van der Waals surface area (Å²) in [5, 5.41) is 0. The van der Waals surface area contributed by atoms with Crippen LogP contribution >= 0.6 is 0 Å². The Balaban J connectivity index is 3.32. The Morgan fingerprint density at radius 3 is 0.913 bits per heavy atom. The summed E-state index contributed by atoms with van der Waals surface area (Å²) in [6.45, 7) is 5.59. The third kappa shape index (κ3) is 38.6. The van der Waals surface area contributed by atoms with Crippen LogP contribution in [0.2, 0.25) is 0 Å². The second-order valence-corrected chi connectivity index (χ2v) is 13.5. The minimum Gasteiger partial charge on any atom is -0.466 e. The van der Waals surface area contributed by atoms with Crippen molar-refractivity contribution in [2.75, 3.05) is 13.2 Å². The van der Waals surface area contributed by atoms with Crippen LogP contribution in [0.3, 0.4) is 0 Å². The predicted octanol–water partition coefficient (Wildman–Crippen LogP) is 13.7. The van der Waals surface area contributed by atoms with Gasteiger partial charge in [-0.25, -0.2) is 0 Å². The lowest BCUT2D eigenvalue weighted by Gasteiger charge is -2.06. The molecule has 0 aromatic heterocycles. The fourth-order valence-electron chi connectivity index (χ4n) is 5.75. The summed E-state index contributed by atoms with van der Waals surface area (Å²) in [7, 11) is 0. The van der Waals surface area contributed by atoms with E-state index in [1.54, 1.807) is 0 Å². The van der Waals surface area contributed by atoms with Crippen LogP contribution in [-0.2, 0) is 19.1 Å². The van der Waals surface area contributed by atoms with Crippen molar-refractivity contribution in [2.45, 2.75) is 219 Å². The summed E-state index contributed by atoms with van der Waals surface area (Å²) >= 11 is 0. The number of rotatable bonds is 37. The second-order valence-electron chi connectivity index (χ2n) is 13.5. The fraction of sp³-hybridized carbons (Fsp3) is 0.857. The Labute approximate surface area is 287 Å². The molecule has 0 aromatic carbocycles. The molecule has 0 saturated heterocycles. The quantitative estimate of drug-likeness (QED) is 0.0383. The third-order valence-corrected chi connectivity index (χ3v) is 8.85. The van der Waals surface area contributed by atoms with Gasteiger partial charge in [-0.05, 0) is 77.0 Å². The number of carbonyl (C=O) groups is 2. The summed E-state index contributed by atoms with van der Waals surface area (Å²) in [5.41, 5.74) is 0. The highest BCUT2D eigenvalue weighted by atomic mass is 16.5. The molecule has 4 heteroatoms. The van der Waals surface area contributed by atoms with E-state index in [9.17, 15) is 9.59 Å². The van der Waals surface area contributed by atoms with E-state index in [4.69, 9.17) is 9.47 Å². The minimum atomic E-state index is -0.134.